The van der Waals surface area contributed by atoms with Gasteiger partial charge < -0.3 is 35.2 Å². The second-order valence-electron chi connectivity index (χ2n) is 10.7. The van der Waals surface area contributed by atoms with Crippen molar-refractivity contribution in [3.63, 3.8) is 0 Å². The molecule has 4 saturated heterocycles. The zero-order valence-electron chi connectivity index (χ0n) is 20.5. The largest absolute Gasteiger partial charge is 0.449 e. The number of piperidine rings is 2. The molecular weight excluding hydrogens is 450 g/mol. The number of allylic oxidation sites excluding steroid dienone is 2. The number of likely N-dealkylation sites (tertiary alicyclic amines) is 2. The Labute approximate surface area is 205 Å². The molecule has 10 heteroatoms. The van der Waals surface area contributed by atoms with Gasteiger partial charge in [-0.15, -0.1) is 0 Å². The number of methoxy groups -OCH3 is 1. The van der Waals surface area contributed by atoms with E-state index in [-0.39, 0.29) is 30.3 Å². The summed E-state index contributed by atoms with van der Waals surface area (Å²) >= 11 is 0. The third-order valence-corrected chi connectivity index (χ3v) is 9.08. The molecule has 35 heavy (non-hydrogen) atoms. The normalized spacial score (nSPS) is 35.4. The van der Waals surface area contributed by atoms with Crippen LogP contribution in [0.15, 0.2) is 22.5 Å². The molecule has 0 spiro atoms. The van der Waals surface area contributed by atoms with E-state index in [2.05, 4.69) is 15.1 Å². The van der Waals surface area contributed by atoms with E-state index in [0.29, 0.717) is 35.1 Å². The van der Waals surface area contributed by atoms with Crippen LogP contribution in [-0.2, 0) is 19.1 Å². The molecule has 5 aliphatic heterocycles. The number of nitrogens with two attached hydrogens (primary N) is 1. The van der Waals surface area contributed by atoms with Gasteiger partial charge in [-0.2, -0.15) is 0 Å². The van der Waals surface area contributed by atoms with Crippen molar-refractivity contribution >= 4 is 17.7 Å². The van der Waals surface area contributed by atoms with Crippen molar-refractivity contribution in [1.82, 2.24) is 20.0 Å². The summed E-state index contributed by atoms with van der Waals surface area (Å²) in [6.07, 6.45) is 4.90. The summed E-state index contributed by atoms with van der Waals surface area (Å²) in [6.45, 7) is 6.07. The van der Waals surface area contributed by atoms with Crippen LogP contribution in [0.3, 0.4) is 0 Å². The van der Waals surface area contributed by atoms with Gasteiger partial charge >= 0.3 is 6.09 Å². The van der Waals surface area contributed by atoms with E-state index in [0.717, 1.165) is 39.0 Å². The number of Topliss-reactive ketones (excluding diaryl/α,β-unsaturated/α-hetero) is 2. The number of carbonyl (C=O) groups is 3. The summed E-state index contributed by atoms with van der Waals surface area (Å²) in [5.41, 5.74) is 6.17. The van der Waals surface area contributed by atoms with Gasteiger partial charge in [0, 0.05) is 50.0 Å². The van der Waals surface area contributed by atoms with Crippen LogP contribution >= 0.6 is 0 Å². The molecule has 1 amide bonds. The number of nitrogens with one attached hydrogen (secondary N) is 1. The van der Waals surface area contributed by atoms with E-state index >= 15 is 0 Å². The Morgan fingerprint density at radius 1 is 1.09 bits per heavy atom. The molecule has 0 saturated carbocycles. The Morgan fingerprint density at radius 2 is 1.80 bits per heavy atom. The van der Waals surface area contributed by atoms with Crippen LogP contribution in [0, 0.1) is 5.92 Å². The fourth-order valence-electron chi connectivity index (χ4n) is 7.40. The van der Waals surface area contributed by atoms with Crippen LogP contribution in [0.4, 0.5) is 4.79 Å². The molecule has 5 heterocycles. The van der Waals surface area contributed by atoms with Gasteiger partial charge in [-0.05, 0) is 45.7 Å². The van der Waals surface area contributed by atoms with Crippen molar-refractivity contribution in [2.75, 3.05) is 46.4 Å². The Kier molecular flexibility index (Phi) is 5.46. The highest BCUT2D eigenvalue weighted by atomic mass is 16.6. The maximum atomic E-state index is 14.1. The number of nitrogens with zero attached hydrogens (tertiary/aromatic N) is 3. The lowest BCUT2D eigenvalue weighted by atomic mass is 9.81. The molecule has 0 radical (unpaired) electrons. The molecule has 1 aliphatic carbocycles. The minimum Gasteiger partial charge on any atom is -0.449 e. The van der Waals surface area contributed by atoms with E-state index in [1.807, 2.05) is 4.90 Å². The molecule has 10 nitrogen and oxygen atoms in total. The predicted octanol–water partition coefficient (Wildman–Crippen LogP) is 0.340. The molecule has 0 aromatic carbocycles. The molecule has 6 rings (SSSR count). The minimum atomic E-state index is -0.937. The summed E-state index contributed by atoms with van der Waals surface area (Å²) in [6, 6.07) is 0.687. The average molecular weight is 486 g/mol. The second-order valence-corrected chi connectivity index (χ2v) is 10.7. The first-order valence-electron chi connectivity index (χ1n) is 12.9. The van der Waals surface area contributed by atoms with Gasteiger partial charge in [0.2, 0.25) is 11.6 Å². The highest BCUT2D eigenvalue weighted by Gasteiger charge is 2.72. The highest BCUT2D eigenvalue weighted by Crippen LogP contribution is 2.56. The molecule has 1 unspecified atom stereocenters. The number of primary amides is 1. The van der Waals surface area contributed by atoms with Crippen molar-refractivity contribution in [3.8, 4) is 0 Å². The standard InChI is InChI=1S/C25H35N5O5/c1-14-19(29-10-6-15(7-11-29)28-8-4-3-5-9-28)22(32)18-16(13-35-24(26)33)25(34-2)23-17(27-23)12-30(25)20(18)21(14)31/h15-17,23,27H,3-13H2,1-2H3,(H2,26,33)/t16-,17+,23+,25?/m0/s1. The third-order valence-electron chi connectivity index (χ3n) is 9.08. The number of hydrogen-bond donors (Lipinski definition) is 2. The van der Waals surface area contributed by atoms with Gasteiger partial charge in [-0.3, -0.25) is 9.59 Å². The molecule has 0 aromatic heterocycles. The van der Waals surface area contributed by atoms with Gasteiger partial charge in [0.15, 0.2) is 5.72 Å². The lowest BCUT2D eigenvalue weighted by Gasteiger charge is -2.42. The van der Waals surface area contributed by atoms with E-state index in [4.69, 9.17) is 15.2 Å². The quantitative estimate of drug-likeness (QED) is 0.419. The van der Waals surface area contributed by atoms with Crippen molar-refractivity contribution in [1.29, 1.82) is 0 Å². The molecule has 3 N–H and O–H groups in total. The minimum absolute atomic E-state index is 0.0378. The van der Waals surface area contributed by atoms with Gasteiger partial charge in [0.05, 0.1) is 23.4 Å². The summed E-state index contributed by atoms with van der Waals surface area (Å²) in [7, 11) is 1.59. The van der Waals surface area contributed by atoms with Gasteiger partial charge in [-0.25, -0.2) is 4.79 Å². The van der Waals surface area contributed by atoms with E-state index in [1.165, 1.54) is 19.3 Å². The molecule has 4 atom stereocenters. The monoisotopic (exact) mass is 485 g/mol. The SMILES string of the molecule is COC12[C@@H]3N[C@@H]3CN1C1=C(C(=O)C(N3CCC(N4CCCCC4)CC3)=C(C)C1=O)[C@@H]2COC(N)=O. The van der Waals surface area contributed by atoms with Crippen molar-refractivity contribution < 1.29 is 23.9 Å². The summed E-state index contributed by atoms with van der Waals surface area (Å²) in [5.74, 6) is -0.864. The molecule has 0 aromatic rings. The van der Waals surface area contributed by atoms with Crippen molar-refractivity contribution in [2.24, 2.45) is 11.7 Å². The highest BCUT2D eigenvalue weighted by molar-refractivity contribution is 6.25. The average Bonchev–Trinajstić information content (AvgIpc) is 3.48. The maximum Gasteiger partial charge on any atom is 0.404 e. The predicted molar refractivity (Wildman–Crippen MR) is 126 cm³/mol. The van der Waals surface area contributed by atoms with Gasteiger partial charge in [-0.1, -0.05) is 6.42 Å². The van der Waals surface area contributed by atoms with Crippen LogP contribution in [-0.4, -0.2) is 103 Å². The fraction of sp³-hybridized carbons (Fsp3) is 0.720. The fourth-order valence-corrected chi connectivity index (χ4v) is 7.40. The van der Waals surface area contributed by atoms with E-state index in [1.54, 1.807) is 14.0 Å². The number of hydrogen-bond acceptors (Lipinski definition) is 9. The molecule has 4 fully saturated rings. The van der Waals surface area contributed by atoms with Crippen molar-refractivity contribution in [2.45, 2.75) is 62.9 Å². The Balaban J connectivity index is 1.28. The van der Waals surface area contributed by atoms with Crippen LogP contribution in [0.25, 0.3) is 0 Å². The van der Waals surface area contributed by atoms with Gasteiger partial charge in [0.25, 0.3) is 0 Å². The third kappa shape index (κ3) is 3.29. The number of carbonyl (C=O) groups excluding carboxylic acids is 3. The smallest absolute Gasteiger partial charge is 0.404 e. The number of ketones is 2. The van der Waals surface area contributed by atoms with E-state index in [9.17, 15) is 14.4 Å². The first-order valence-corrected chi connectivity index (χ1v) is 12.9. The first-order chi connectivity index (χ1) is 16.9. The second kappa shape index (κ2) is 8.31. The van der Waals surface area contributed by atoms with E-state index < -0.39 is 17.7 Å². The number of piperazine rings is 1. The van der Waals surface area contributed by atoms with Crippen LogP contribution in [0.1, 0.15) is 39.0 Å². The number of fused-ring (bicyclic) bond motifs is 4. The van der Waals surface area contributed by atoms with Crippen LogP contribution in [0.5, 0.6) is 0 Å². The Morgan fingerprint density at radius 3 is 2.46 bits per heavy atom. The molecular formula is C25H35N5O5. The van der Waals surface area contributed by atoms with Crippen molar-refractivity contribution in [3.05, 3.63) is 22.5 Å². The number of ether oxygens (including phenoxy) is 2. The first kappa shape index (κ1) is 23.0. The molecule has 0 bridgehead atoms. The summed E-state index contributed by atoms with van der Waals surface area (Å²) in [4.78, 5) is 46.0. The van der Waals surface area contributed by atoms with Crippen LogP contribution in [0.2, 0.25) is 0 Å². The van der Waals surface area contributed by atoms with Crippen LogP contribution < -0.4 is 11.1 Å². The van der Waals surface area contributed by atoms with Gasteiger partial charge in [0.1, 0.15) is 6.61 Å². The lowest BCUT2D eigenvalue weighted by Crippen LogP contribution is -2.55. The Bertz CT molecular complexity index is 1030. The number of rotatable bonds is 5. The summed E-state index contributed by atoms with van der Waals surface area (Å²) in [5, 5.41) is 3.39. The zero-order chi connectivity index (χ0) is 24.5. The number of amides is 1. The maximum absolute atomic E-state index is 14.1. The lowest BCUT2D eigenvalue weighted by molar-refractivity contribution is -0.137. The topological polar surface area (TPSA) is 127 Å². The molecule has 190 valence electrons. The summed E-state index contributed by atoms with van der Waals surface area (Å²) < 4.78 is 11.3. The zero-order valence-corrected chi connectivity index (χ0v) is 20.5. The Hall–Kier alpha value is -2.43. The molecule has 6 aliphatic rings.